The Hall–Kier alpha value is -2.01. The third-order valence-electron chi connectivity index (χ3n) is 3.25. The van der Waals surface area contributed by atoms with Gasteiger partial charge >= 0.3 is 0 Å². The number of rotatable bonds is 5. The second-order valence-corrected chi connectivity index (χ2v) is 5.87. The fraction of sp³-hybridized carbons (Fsp3) is 0.312. The van der Waals surface area contributed by atoms with Crippen LogP contribution in [0.15, 0.2) is 29.6 Å². The van der Waals surface area contributed by atoms with E-state index in [1.54, 1.807) is 25.6 Å². The van der Waals surface area contributed by atoms with E-state index in [-0.39, 0.29) is 11.9 Å². The molecule has 5 heteroatoms. The Balaban J connectivity index is 2.13. The van der Waals surface area contributed by atoms with E-state index in [1.165, 1.54) is 0 Å². The summed E-state index contributed by atoms with van der Waals surface area (Å²) in [7, 11) is 3.20. The molecule has 1 aromatic heterocycles. The molecule has 0 aliphatic heterocycles. The number of carbonyl (C=O) groups is 1. The lowest BCUT2D eigenvalue weighted by Gasteiger charge is -2.16. The summed E-state index contributed by atoms with van der Waals surface area (Å²) in [6.07, 6.45) is 0. The first-order valence-corrected chi connectivity index (χ1v) is 7.51. The van der Waals surface area contributed by atoms with Crippen LogP contribution >= 0.6 is 11.3 Å². The van der Waals surface area contributed by atoms with Gasteiger partial charge in [-0.25, -0.2) is 0 Å². The molecule has 0 spiro atoms. The van der Waals surface area contributed by atoms with E-state index in [2.05, 4.69) is 5.32 Å². The van der Waals surface area contributed by atoms with Crippen molar-refractivity contribution in [3.8, 4) is 11.5 Å². The Morgan fingerprint density at radius 1 is 1.19 bits per heavy atom. The zero-order valence-electron chi connectivity index (χ0n) is 12.6. The Bertz CT molecular complexity index is 636. The van der Waals surface area contributed by atoms with Crippen LogP contribution < -0.4 is 14.8 Å². The predicted octanol–water partition coefficient (Wildman–Crippen LogP) is 3.56. The molecule has 21 heavy (non-hydrogen) atoms. The first kappa shape index (κ1) is 15.4. The lowest BCUT2D eigenvalue weighted by Crippen LogP contribution is -2.26. The number of carbonyl (C=O) groups excluding carboxylic acids is 1. The molecule has 2 aromatic rings. The lowest BCUT2D eigenvalue weighted by atomic mass is 10.1. The van der Waals surface area contributed by atoms with Crippen molar-refractivity contribution in [2.24, 2.45) is 0 Å². The minimum atomic E-state index is -0.113. The molecule has 1 aromatic carbocycles. The van der Waals surface area contributed by atoms with Crippen molar-refractivity contribution >= 4 is 17.2 Å². The normalized spacial score (nSPS) is 11.8. The van der Waals surface area contributed by atoms with E-state index in [0.717, 1.165) is 10.4 Å². The van der Waals surface area contributed by atoms with E-state index in [0.29, 0.717) is 17.1 Å². The number of amides is 1. The zero-order valence-corrected chi connectivity index (χ0v) is 13.4. The zero-order chi connectivity index (χ0) is 15.4. The highest BCUT2D eigenvalue weighted by atomic mass is 32.1. The summed E-state index contributed by atoms with van der Waals surface area (Å²) in [4.78, 5) is 13.3. The summed E-state index contributed by atoms with van der Waals surface area (Å²) in [5, 5.41) is 4.85. The molecular weight excluding hydrogens is 286 g/mol. The van der Waals surface area contributed by atoms with E-state index >= 15 is 0 Å². The molecule has 1 heterocycles. The predicted molar refractivity (Wildman–Crippen MR) is 84.5 cm³/mol. The average molecular weight is 305 g/mol. The maximum Gasteiger partial charge on any atom is 0.252 e. The second kappa shape index (κ2) is 6.63. The van der Waals surface area contributed by atoms with Crippen LogP contribution in [0.4, 0.5) is 0 Å². The molecule has 0 saturated carbocycles. The summed E-state index contributed by atoms with van der Waals surface area (Å²) in [5.74, 6) is 1.26. The minimum absolute atomic E-state index is 0.0679. The third kappa shape index (κ3) is 3.55. The maximum absolute atomic E-state index is 12.2. The lowest BCUT2D eigenvalue weighted by molar-refractivity contribution is 0.0940. The van der Waals surface area contributed by atoms with Crippen LogP contribution in [-0.2, 0) is 0 Å². The van der Waals surface area contributed by atoms with Crippen molar-refractivity contribution in [2.45, 2.75) is 19.9 Å². The number of ether oxygens (including phenoxy) is 2. The number of methoxy groups -OCH3 is 2. The third-order valence-corrected chi connectivity index (χ3v) is 4.11. The fourth-order valence-electron chi connectivity index (χ4n) is 2.05. The van der Waals surface area contributed by atoms with Crippen LogP contribution in [0.5, 0.6) is 11.5 Å². The molecular formula is C16H19NO3S. The molecule has 0 aliphatic carbocycles. The molecule has 1 N–H and O–H groups in total. The first-order valence-electron chi connectivity index (χ1n) is 6.63. The van der Waals surface area contributed by atoms with E-state index < -0.39 is 0 Å². The summed E-state index contributed by atoms with van der Waals surface area (Å²) in [6, 6.07) is 7.42. The Kier molecular flexibility index (Phi) is 4.85. The highest BCUT2D eigenvalue weighted by Gasteiger charge is 2.14. The monoisotopic (exact) mass is 305 g/mol. The quantitative estimate of drug-likeness (QED) is 0.918. The standard InChI is InChI=1S/C16H19NO3S/c1-10-7-13(9-21-10)16(18)17-11(2)12-5-6-14(19-3)15(8-12)20-4/h5-9,11H,1-4H3,(H,17,18)/t11-/m1/s1. The molecule has 0 fully saturated rings. The van der Waals surface area contributed by atoms with E-state index in [9.17, 15) is 4.79 Å². The molecule has 2 rings (SSSR count). The van der Waals surface area contributed by atoms with Gasteiger partial charge in [-0.15, -0.1) is 11.3 Å². The van der Waals surface area contributed by atoms with Crippen LogP contribution in [0, 0.1) is 6.92 Å². The van der Waals surface area contributed by atoms with E-state index in [4.69, 9.17) is 9.47 Å². The van der Waals surface area contributed by atoms with Crippen molar-refractivity contribution in [2.75, 3.05) is 14.2 Å². The van der Waals surface area contributed by atoms with Gasteiger partial charge in [0.15, 0.2) is 11.5 Å². The van der Waals surface area contributed by atoms with Gasteiger partial charge in [0.05, 0.1) is 25.8 Å². The van der Waals surface area contributed by atoms with Crippen molar-refractivity contribution in [3.05, 3.63) is 45.6 Å². The van der Waals surface area contributed by atoms with Gasteiger partial charge in [0.25, 0.3) is 5.91 Å². The summed E-state index contributed by atoms with van der Waals surface area (Å²) in [5.41, 5.74) is 1.66. The minimum Gasteiger partial charge on any atom is -0.493 e. The molecule has 0 aliphatic rings. The van der Waals surface area contributed by atoms with Crippen LogP contribution in [0.2, 0.25) is 0 Å². The number of benzene rings is 1. The van der Waals surface area contributed by atoms with E-state index in [1.807, 2.05) is 43.5 Å². The Morgan fingerprint density at radius 2 is 1.90 bits per heavy atom. The topological polar surface area (TPSA) is 47.6 Å². The van der Waals surface area contributed by atoms with Crippen LogP contribution in [0.3, 0.4) is 0 Å². The number of hydrogen-bond donors (Lipinski definition) is 1. The summed E-state index contributed by atoms with van der Waals surface area (Å²) >= 11 is 1.57. The average Bonchev–Trinajstić information content (AvgIpc) is 2.93. The van der Waals surface area contributed by atoms with Gasteiger partial charge in [-0.3, -0.25) is 4.79 Å². The smallest absolute Gasteiger partial charge is 0.252 e. The molecule has 1 amide bonds. The SMILES string of the molecule is COc1ccc([C@@H](C)NC(=O)c2csc(C)c2)cc1OC. The number of thiophene rings is 1. The second-order valence-electron chi connectivity index (χ2n) is 4.76. The first-order chi connectivity index (χ1) is 10.0. The van der Waals surface area contributed by atoms with Gasteiger partial charge < -0.3 is 14.8 Å². The van der Waals surface area contributed by atoms with Gasteiger partial charge in [0.2, 0.25) is 0 Å². The summed E-state index contributed by atoms with van der Waals surface area (Å²) in [6.45, 7) is 3.93. The maximum atomic E-state index is 12.2. The molecule has 0 unspecified atom stereocenters. The van der Waals surface area contributed by atoms with Gasteiger partial charge in [-0.1, -0.05) is 6.07 Å². The molecule has 1 atom stereocenters. The van der Waals surface area contributed by atoms with Crippen LogP contribution in [-0.4, -0.2) is 20.1 Å². The van der Waals surface area contributed by atoms with Gasteiger partial charge in [-0.05, 0) is 37.6 Å². The largest absolute Gasteiger partial charge is 0.493 e. The summed E-state index contributed by atoms with van der Waals surface area (Å²) < 4.78 is 10.5. The number of nitrogens with one attached hydrogen (secondary N) is 1. The molecule has 0 saturated heterocycles. The highest BCUT2D eigenvalue weighted by molar-refractivity contribution is 7.10. The molecule has 4 nitrogen and oxygen atoms in total. The van der Waals surface area contributed by atoms with Crippen molar-refractivity contribution < 1.29 is 14.3 Å². The van der Waals surface area contributed by atoms with Crippen molar-refractivity contribution in [1.29, 1.82) is 0 Å². The molecule has 112 valence electrons. The van der Waals surface area contributed by atoms with Crippen LogP contribution in [0.1, 0.15) is 33.8 Å². The van der Waals surface area contributed by atoms with Gasteiger partial charge in [0.1, 0.15) is 0 Å². The number of hydrogen-bond acceptors (Lipinski definition) is 4. The molecule has 0 radical (unpaired) electrons. The Labute approximate surface area is 128 Å². The van der Waals surface area contributed by atoms with Gasteiger partial charge in [-0.2, -0.15) is 0 Å². The van der Waals surface area contributed by atoms with Gasteiger partial charge in [0, 0.05) is 10.3 Å². The highest BCUT2D eigenvalue weighted by Crippen LogP contribution is 2.30. The molecule has 0 bridgehead atoms. The van der Waals surface area contributed by atoms with Crippen molar-refractivity contribution in [1.82, 2.24) is 5.32 Å². The Morgan fingerprint density at radius 3 is 2.48 bits per heavy atom. The number of aryl methyl sites for hydroxylation is 1. The van der Waals surface area contributed by atoms with Crippen LogP contribution in [0.25, 0.3) is 0 Å². The van der Waals surface area contributed by atoms with Crippen molar-refractivity contribution in [3.63, 3.8) is 0 Å². The fourth-order valence-corrected chi connectivity index (χ4v) is 2.73.